The van der Waals surface area contributed by atoms with Crippen LogP contribution in [0.25, 0.3) is 6.08 Å². The lowest BCUT2D eigenvalue weighted by Gasteiger charge is -2.29. The smallest absolute Gasteiger partial charge is 0.244 e. The number of hydrogen-bond donors (Lipinski definition) is 2. The maximum atomic E-state index is 11.8. The van der Waals surface area contributed by atoms with Crippen LogP contribution in [-0.4, -0.2) is 23.2 Å². The van der Waals surface area contributed by atoms with Gasteiger partial charge in [-0.3, -0.25) is 4.79 Å². The number of carbonyl (C=O) groups excluding carboxylic acids is 1. The van der Waals surface area contributed by atoms with E-state index in [-0.39, 0.29) is 18.4 Å². The van der Waals surface area contributed by atoms with Gasteiger partial charge >= 0.3 is 0 Å². The van der Waals surface area contributed by atoms with Crippen LogP contribution < -0.4 is 5.32 Å². The second kappa shape index (κ2) is 7.61. The molecule has 1 amide bonds. The van der Waals surface area contributed by atoms with Crippen molar-refractivity contribution in [2.45, 2.75) is 32.8 Å². The van der Waals surface area contributed by atoms with Crippen molar-refractivity contribution >= 4 is 12.0 Å². The monoisotopic (exact) mass is 286 g/mol. The summed E-state index contributed by atoms with van der Waals surface area (Å²) >= 11 is 0. The third kappa shape index (κ3) is 5.41. The van der Waals surface area contributed by atoms with Gasteiger partial charge in [-0.2, -0.15) is 5.26 Å². The quantitative estimate of drug-likeness (QED) is 0.789. The maximum absolute atomic E-state index is 11.8. The molecule has 0 aliphatic rings. The van der Waals surface area contributed by atoms with Crippen LogP contribution in [0.2, 0.25) is 0 Å². The van der Waals surface area contributed by atoms with Gasteiger partial charge in [0.05, 0.1) is 17.2 Å². The molecule has 4 heteroatoms. The third-order valence-electron chi connectivity index (χ3n) is 3.74. The molecule has 1 aromatic rings. The van der Waals surface area contributed by atoms with Crippen molar-refractivity contribution in [2.24, 2.45) is 5.92 Å². The Labute approximate surface area is 126 Å². The highest BCUT2D eigenvalue weighted by Crippen LogP contribution is 2.18. The Balaban J connectivity index is 2.58. The maximum Gasteiger partial charge on any atom is 0.244 e. The number of nitriles is 1. The fourth-order valence-corrected chi connectivity index (χ4v) is 1.82. The highest BCUT2D eigenvalue weighted by molar-refractivity contribution is 5.91. The van der Waals surface area contributed by atoms with Gasteiger partial charge in [0.2, 0.25) is 5.91 Å². The normalized spacial score (nSPS) is 15.2. The summed E-state index contributed by atoms with van der Waals surface area (Å²) in [6, 6.07) is 9.06. The number of aliphatic hydroxyl groups is 1. The number of amides is 1. The van der Waals surface area contributed by atoms with E-state index in [1.807, 2.05) is 19.9 Å². The predicted octanol–water partition coefficient (Wildman–Crippen LogP) is 2.48. The first-order valence-corrected chi connectivity index (χ1v) is 7.07. The lowest BCUT2D eigenvalue weighted by molar-refractivity contribution is -0.118. The minimum absolute atomic E-state index is 0.106. The van der Waals surface area contributed by atoms with E-state index in [0.29, 0.717) is 5.56 Å². The Morgan fingerprint density at radius 1 is 1.57 bits per heavy atom. The van der Waals surface area contributed by atoms with Crippen LogP contribution in [0.4, 0.5) is 0 Å². The lowest BCUT2D eigenvalue weighted by Crippen LogP contribution is -2.44. The Morgan fingerprint density at radius 2 is 2.29 bits per heavy atom. The number of nitrogens with zero attached hydrogens (tertiary/aromatic N) is 1. The fourth-order valence-electron chi connectivity index (χ4n) is 1.82. The van der Waals surface area contributed by atoms with E-state index in [1.165, 1.54) is 6.08 Å². The molecule has 0 fully saturated rings. The average molecular weight is 286 g/mol. The minimum Gasteiger partial charge on any atom is -0.388 e. The van der Waals surface area contributed by atoms with E-state index in [9.17, 15) is 9.90 Å². The average Bonchev–Trinajstić information content (AvgIpc) is 2.50. The van der Waals surface area contributed by atoms with Gasteiger partial charge in [-0.1, -0.05) is 32.4 Å². The highest BCUT2D eigenvalue weighted by atomic mass is 16.3. The first-order valence-electron chi connectivity index (χ1n) is 7.07. The van der Waals surface area contributed by atoms with E-state index >= 15 is 0 Å². The number of benzene rings is 1. The van der Waals surface area contributed by atoms with E-state index in [2.05, 4.69) is 11.4 Å². The molecule has 0 saturated carbocycles. The second-order valence-corrected chi connectivity index (χ2v) is 5.45. The zero-order valence-corrected chi connectivity index (χ0v) is 12.8. The molecular weight excluding hydrogens is 264 g/mol. The van der Waals surface area contributed by atoms with Gasteiger partial charge in [0.1, 0.15) is 0 Å². The van der Waals surface area contributed by atoms with Crippen LogP contribution in [-0.2, 0) is 4.79 Å². The molecule has 21 heavy (non-hydrogen) atoms. The molecule has 2 N–H and O–H groups in total. The minimum atomic E-state index is -0.918. The summed E-state index contributed by atoms with van der Waals surface area (Å²) < 4.78 is 0. The molecule has 4 nitrogen and oxygen atoms in total. The number of nitrogens with one attached hydrogen (secondary N) is 1. The molecular formula is C17H22N2O2. The topological polar surface area (TPSA) is 73.1 Å². The standard InChI is InChI=1S/C17H22N2O2/c1-4-13(2)17(3,21)12-19-16(20)9-8-14-6-5-7-15(10-14)11-18/h5-10,13,21H,4,12H2,1-3H3,(H,19,20). The third-order valence-corrected chi connectivity index (χ3v) is 3.74. The largest absolute Gasteiger partial charge is 0.388 e. The molecule has 0 heterocycles. The van der Waals surface area contributed by atoms with Gasteiger partial charge in [-0.05, 0) is 36.6 Å². The van der Waals surface area contributed by atoms with Crippen LogP contribution >= 0.6 is 0 Å². The summed E-state index contributed by atoms with van der Waals surface area (Å²) in [5.41, 5.74) is 0.425. The SMILES string of the molecule is CCC(C)C(C)(O)CNC(=O)C=Cc1cccc(C#N)c1. The first kappa shape index (κ1) is 16.9. The molecule has 0 radical (unpaired) electrons. The summed E-state index contributed by atoms with van der Waals surface area (Å²) in [7, 11) is 0. The van der Waals surface area contributed by atoms with Crippen molar-refractivity contribution in [1.82, 2.24) is 5.32 Å². The lowest BCUT2D eigenvalue weighted by atomic mass is 9.89. The fraction of sp³-hybridized carbons (Fsp3) is 0.412. The van der Waals surface area contributed by atoms with Gasteiger partial charge in [0.15, 0.2) is 0 Å². The predicted molar refractivity (Wildman–Crippen MR) is 83.3 cm³/mol. The van der Waals surface area contributed by atoms with Crippen LogP contribution in [0, 0.1) is 17.2 Å². The molecule has 0 aliphatic heterocycles. The van der Waals surface area contributed by atoms with Crippen LogP contribution in [0.3, 0.4) is 0 Å². The van der Waals surface area contributed by atoms with Crippen molar-refractivity contribution < 1.29 is 9.90 Å². The molecule has 1 aromatic carbocycles. The van der Waals surface area contributed by atoms with Crippen LogP contribution in [0.5, 0.6) is 0 Å². The summed E-state index contributed by atoms with van der Waals surface area (Å²) in [6.45, 7) is 5.89. The second-order valence-electron chi connectivity index (χ2n) is 5.45. The van der Waals surface area contributed by atoms with Crippen LogP contribution in [0.15, 0.2) is 30.3 Å². The molecule has 0 aliphatic carbocycles. The van der Waals surface area contributed by atoms with Gasteiger partial charge in [-0.25, -0.2) is 0 Å². The molecule has 0 saturated heterocycles. The molecule has 112 valence electrons. The zero-order valence-electron chi connectivity index (χ0n) is 12.8. The number of rotatable bonds is 6. The number of carbonyl (C=O) groups is 1. The number of hydrogen-bond acceptors (Lipinski definition) is 3. The van der Waals surface area contributed by atoms with Crippen molar-refractivity contribution in [1.29, 1.82) is 5.26 Å². The Bertz CT molecular complexity index is 556. The zero-order chi connectivity index (χ0) is 15.9. The summed E-state index contributed by atoms with van der Waals surface area (Å²) in [6.07, 6.45) is 3.90. The molecule has 2 unspecified atom stereocenters. The van der Waals surface area contributed by atoms with Crippen molar-refractivity contribution in [2.75, 3.05) is 6.54 Å². The summed E-state index contributed by atoms with van der Waals surface area (Å²) in [4.78, 5) is 11.8. The first-order chi connectivity index (χ1) is 9.89. The molecule has 1 rings (SSSR count). The van der Waals surface area contributed by atoms with Crippen LogP contribution in [0.1, 0.15) is 38.3 Å². The van der Waals surface area contributed by atoms with Gasteiger partial charge in [0.25, 0.3) is 0 Å². The molecule has 0 aromatic heterocycles. The van der Waals surface area contributed by atoms with E-state index in [1.54, 1.807) is 31.2 Å². The van der Waals surface area contributed by atoms with E-state index < -0.39 is 5.60 Å². The molecule has 0 bridgehead atoms. The van der Waals surface area contributed by atoms with Crippen molar-refractivity contribution in [3.8, 4) is 6.07 Å². The van der Waals surface area contributed by atoms with Crippen molar-refractivity contribution in [3.05, 3.63) is 41.5 Å². The van der Waals surface area contributed by atoms with Gasteiger partial charge < -0.3 is 10.4 Å². The Kier molecular flexibility index (Phi) is 6.13. The van der Waals surface area contributed by atoms with E-state index in [4.69, 9.17) is 5.26 Å². The summed E-state index contributed by atoms with van der Waals surface area (Å²) in [5.74, 6) is -0.157. The van der Waals surface area contributed by atoms with E-state index in [0.717, 1.165) is 12.0 Å². The summed E-state index contributed by atoms with van der Waals surface area (Å²) in [5, 5.41) is 21.7. The molecule has 0 spiro atoms. The van der Waals surface area contributed by atoms with Gasteiger partial charge in [-0.15, -0.1) is 0 Å². The Morgan fingerprint density at radius 3 is 2.90 bits per heavy atom. The molecule has 2 atom stereocenters. The van der Waals surface area contributed by atoms with Gasteiger partial charge in [0, 0.05) is 12.6 Å². The van der Waals surface area contributed by atoms with Crippen molar-refractivity contribution in [3.63, 3.8) is 0 Å². The Hall–Kier alpha value is -2.12. The highest BCUT2D eigenvalue weighted by Gasteiger charge is 2.26.